The lowest BCUT2D eigenvalue weighted by atomic mass is 9.98. The Balaban J connectivity index is 2.43. The zero-order valence-corrected chi connectivity index (χ0v) is 16.9. The standard InChI is InChI=1S/C19H18F5NO5S/c1-2-18(20,21)13-5-8-16(30-10-17(26)27)15(9-13)12-3-6-14(7-4-12)31(28,29)25-11-19(22,23)24/h3-9,25H,2,10-11H2,1H3,(H,26,27). The molecule has 0 aliphatic carbocycles. The third-order valence-electron chi connectivity index (χ3n) is 4.14. The van der Waals surface area contributed by atoms with E-state index in [4.69, 9.17) is 9.84 Å². The number of carboxylic acids is 1. The Labute approximate surface area is 174 Å². The fraction of sp³-hybridized carbons (Fsp3) is 0.316. The first-order valence-corrected chi connectivity index (χ1v) is 10.3. The van der Waals surface area contributed by atoms with Gasteiger partial charge in [-0.2, -0.15) is 13.2 Å². The summed E-state index contributed by atoms with van der Waals surface area (Å²) in [5.74, 6) is -4.51. The SMILES string of the molecule is CCC(F)(F)c1ccc(OCC(=O)O)c(-c2ccc(S(=O)(=O)NCC(F)(F)F)cc2)c1. The van der Waals surface area contributed by atoms with E-state index in [-0.39, 0.29) is 22.4 Å². The molecule has 0 saturated carbocycles. The quantitative estimate of drug-likeness (QED) is 0.541. The van der Waals surface area contributed by atoms with Gasteiger partial charge in [0, 0.05) is 17.5 Å². The number of halogens is 5. The van der Waals surface area contributed by atoms with Gasteiger partial charge < -0.3 is 9.84 Å². The van der Waals surface area contributed by atoms with Gasteiger partial charge >= 0.3 is 12.1 Å². The Morgan fingerprint density at radius 2 is 1.68 bits per heavy atom. The summed E-state index contributed by atoms with van der Waals surface area (Å²) in [5, 5.41) is 8.79. The third-order valence-corrected chi connectivity index (χ3v) is 5.55. The van der Waals surface area contributed by atoms with Crippen molar-refractivity contribution >= 4 is 16.0 Å². The van der Waals surface area contributed by atoms with Crippen LogP contribution in [0.3, 0.4) is 0 Å². The Kier molecular flexibility index (Phi) is 7.27. The number of rotatable bonds is 9. The monoisotopic (exact) mass is 467 g/mol. The number of hydrogen-bond acceptors (Lipinski definition) is 4. The van der Waals surface area contributed by atoms with E-state index in [0.717, 1.165) is 24.3 Å². The largest absolute Gasteiger partial charge is 0.481 e. The van der Waals surface area contributed by atoms with Crippen LogP contribution in [-0.2, 0) is 20.7 Å². The van der Waals surface area contributed by atoms with Gasteiger partial charge in [0.2, 0.25) is 10.0 Å². The van der Waals surface area contributed by atoms with Crippen LogP contribution in [0.2, 0.25) is 0 Å². The number of carboxylic acid groups (broad SMARTS) is 1. The van der Waals surface area contributed by atoms with Gasteiger partial charge in [-0.25, -0.2) is 26.7 Å². The van der Waals surface area contributed by atoms with Crippen LogP contribution >= 0.6 is 0 Å². The maximum absolute atomic E-state index is 14.1. The maximum atomic E-state index is 14.1. The van der Waals surface area contributed by atoms with Crippen molar-refractivity contribution in [3.8, 4) is 16.9 Å². The van der Waals surface area contributed by atoms with Crippen LogP contribution < -0.4 is 9.46 Å². The maximum Gasteiger partial charge on any atom is 0.402 e. The van der Waals surface area contributed by atoms with Gasteiger partial charge in [0.05, 0.1) is 4.90 Å². The number of benzene rings is 2. The first-order valence-electron chi connectivity index (χ1n) is 8.79. The number of carbonyl (C=O) groups is 1. The molecule has 0 amide bonds. The Morgan fingerprint density at radius 1 is 1.06 bits per heavy atom. The molecule has 0 fully saturated rings. The van der Waals surface area contributed by atoms with Gasteiger partial charge in [0.1, 0.15) is 12.3 Å². The van der Waals surface area contributed by atoms with Crippen LogP contribution in [0.4, 0.5) is 22.0 Å². The second-order valence-corrected chi connectivity index (χ2v) is 8.18. The van der Waals surface area contributed by atoms with Gasteiger partial charge in [-0.15, -0.1) is 0 Å². The molecule has 0 aliphatic rings. The molecule has 0 aliphatic heterocycles. The molecule has 0 bridgehead atoms. The summed E-state index contributed by atoms with van der Waals surface area (Å²) in [6.07, 6.45) is -5.24. The first-order chi connectivity index (χ1) is 14.2. The van der Waals surface area contributed by atoms with Crippen LogP contribution in [0.25, 0.3) is 11.1 Å². The normalized spacial score (nSPS) is 12.6. The summed E-state index contributed by atoms with van der Waals surface area (Å²) in [6.45, 7) is -1.22. The summed E-state index contributed by atoms with van der Waals surface area (Å²) in [7, 11) is -4.46. The molecule has 0 heterocycles. The fourth-order valence-electron chi connectivity index (χ4n) is 2.53. The van der Waals surface area contributed by atoms with Crippen LogP contribution in [0.15, 0.2) is 47.4 Å². The van der Waals surface area contributed by atoms with Gasteiger partial charge in [0.25, 0.3) is 5.92 Å². The van der Waals surface area contributed by atoms with Crippen LogP contribution in [0.1, 0.15) is 18.9 Å². The van der Waals surface area contributed by atoms with Crippen molar-refractivity contribution in [2.45, 2.75) is 30.3 Å². The van der Waals surface area contributed by atoms with Gasteiger partial charge in [-0.05, 0) is 35.9 Å². The second-order valence-electron chi connectivity index (χ2n) is 6.42. The highest BCUT2D eigenvalue weighted by Crippen LogP contribution is 2.38. The summed E-state index contributed by atoms with van der Waals surface area (Å²) >= 11 is 0. The molecule has 2 rings (SSSR count). The van der Waals surface area contributed by atoms with E-state index >= 15 is 0 Å². The number of sulfonamides is 1. The Hall–Kier alpha value is -2.73. The van der Waals surface area contributed by atoms with Crippen molar-refractivity contribution in [3.05, 3.63) is 48.0 Å². The molecule has 12 heteroatoms. The summed E-state index contributed by atoms with van der Waals surface area (Å²) in [4.78, 5) is 10.3. The van der Waals surface area contributed by atoms with Gasteiger partial charge in [-0.3, -0.25) is 0 Å². The van der Waals surface area contributed by atoms with E-state index < -0.39 is 52.6 Å². The molecule has 2 aromatic rings. The first kappa shape index (κ1) is 24.5. The Morgan fingerprint density at radius 3 is 2.19 bits per heavy atom. The number of alkyl halides is 5. The van der Waals surface area contributed by atoms with E-state index in [1.54, 1.807) is 0 Å². The molecular weight excluding hydrogens is 449 g/mol. The van der Waals surface area contributed by atoms with Crippen molar-refractivity contribution in [3.63, 3.8) is 0 Å². The van der Waals surface area contributed by atoms with Crippen molar-refractivity contribution in [1.29, 1.82) is 0 Å². The number of ether oxygens (including phenoxy) is 1. The van der Waals surface area contributed by atoms with Crippen molar-refractivity contribution in [1.82, 2.24) is 4.72 Å². The van der Waals surface area contributed by atoms with E-state index in [0.29, 0.717) is 0 Å². The number of hydrogen-bond donors (Lipinski definition) is 2. The highest BCUT2D eigenvalue weighted by Gasteiger charge is 2.31. The molecule has 0 aromatic heterocycles. The van der Waals surface area contributed by atoms with Crippen molar-refractivity contribution in [2.75, 3.05) is 13.2 Å². The minimum absolute atomic E-state index is 0.0381. The topological polar surface area (TPSA) is 92.7 Å². The molecule has 170 valence electrons. The van der Waals surface area contributed by atoms with E-state index in [9.17, 15) is 35.2 Å². The lowest BCUT2D eigenvalue weighted by Gasteiger charge is -2.18. The fourth-order valence-corrected chi connectivity index (χ4v) is 3.54. The lowest BCUT2D eigenvalue weighted by molar-refractivity contribution is -0.139. The predicted molar refractivity (Wildman–Crippen MR) is 100 cm³/mol. The molecule has 0 spiro atoms. The van der Waals surface area contributed by atoms with Gasteiger partial charge in [-0.1, -0.05) is 19.1 Å². The molecule has 6 nitrogen and oxygen atoms in total. The zero-order valence-electron chi connectivity index (χ0n) is 16.0. The number of aliphatic carboxylic acids is 1. The number of nitrogens with one attached hydrogen (secondary N) is 1. The molecule has 0 saturated heterocycles. The van der Waals surface area contributed by atoms with Crippen molar-refractivity contribution < 1.29 is 45.0 Å². The molecule has 31 heavy (non-hydrogen) atoms. The second kappa shape index (κ2) is 9.18. The van der Waals surface area contributed by atoms with E-state index in [1.807, 2.05) is 0 Å². The summed E-state index contributed by atoms with van der Waals surface area (Å²) < 4.78 is 95.6. The summed E-state index contributed by atoms with van der Waals surface area (Å²) in [5.41, 5.74) is -0.0980. The molecule has 2 N–H and O–H groups in total. The lowest BCUT2D eigenvalue weighted by Crippen LogP contribution is -2.33. The predicted octanol–water partition coefficient (Wildman–Crippen LogP) is 4.16. The molecule has 0 radical (unpaired) electrons. The molecule has 0 unspecified atom stereocenters. The minimum Gasteiger partial charge on any atom is -0.481 e. The van der Waals surface area contributed by atoms with Crippen molar-refractivity contribution in [2.24, 2.45) is 0 Å². The average molecular weight is 467 g/mol. The van der Waals surface area contributed by atoms with Crippen LogP contribution in [0.5, 0.6) is 5.75 Å². The van der Waals surface area contributed by atoms with E-state index in [2.05, 4.69) is 0 Å². The van der Waals surface area contributed by atoms with E-state index in [1.165, 1.54) is 29.8 Å². The minimum atomic E-state index is -4.74. The third kappa shape index (κ3) is 6.62. The molecular formula is C19H18F5NO5S. The highest BCUT2D eigenvalue weighted by molar-refractivity contribution is 7.89. The average Bonchev–Trinajstić information content (AvgIpc) is 2.70. The van der Waals surface area contributed by atoms with Crippen LogP contribution in [-0.4, -0.2) is 38.8 Å². The summed E-state index contributed by atoms with van der Waals surface area (Å²) in [6, 6.07) is 7.74. The highest BCUT2D eigenvalue weighted by atomic mass is 32.2. The molecule has 0 atom stereocenters. The Bertz CT molecular complexity index is 1040. The molecule has 2 aromatic carbocycles. The smallest absolute Gasteiger partial charge is 0.402 e. The zero-order chi connectivity index (χ0) is 23.4. The van der Waals surface area contributed by atoms with Gasteiger partial charge in [0.15, 0.2) is 6.61 Å². The van der Waals surface area contributed by atoms with Crippen LogP contribution in [0, 0.1) is 0 Å².